The maximum atomic E-state index is 13.7. The minimum atomic E-state index is -0.379. The van der Waals surface area contributed by atoms with E-state index in [1.807, 2.05) is 89.8 Å². The van der Waals surface area contributed by atoms with Gasteiger partial charge in [0.05, 0.1) is 17.8 Å². The molecular formula is C27H24N4O. The Morgan fingerprint density at radius 3 is 1.97 bits per heavy atom. The zero-order valence-corrected chi connectivity index (χ0v) is 17.5. The standard InChI is InChI=1S/C27H24N4O/c32-27(29-22-16-8-3-9-17-22)31-25(21-14-6-2-7-15-21)24(20-12-4-1-5-13-20)30-26(31)23-18-10-11-19-28-23/h1-19,24-26,30H,(H,29,32)/t24-,25-,26+/m0/s1. The second-order valence-electron chi connectivity index (χ2n) is 7.77. The van der Waals surface area contributed by atoms with Gasteiger partial charge in [0.15, 0.2) is 0 Å². The fourth-order valence-electron chi connectivity index (χ4n) is 4.32. The maximum absolute atomic E-state index is 13.7. The summed E-state index contributed by atoms with van der Waals surface area (Å²) in [7, 11) is 0. The molecule has 2 heterocycles. The van der Waals surface area contributed by atoms with Crippen LogP contribution in [0.5, 0.6) is 0 Å². The van der Waals surface area contributed by atoms with E-state index in [1.54, 1.807) is 6.20 Å². The van der Waals surface area contributed by atoms with Gasteiger partial charge in [0, 0.05) is 11.9 Å². The molecular weight excluding hydrogens is 396 g/mol. The van der Waals surface area contributed by atoms with Crippen LogP contribution in [0.3, 0.4) is 0 Å². The van der Waals surface area contributed by atoms with Gasteiger partial charge in [-0.1, -0.05) is 84.9 Å². The predicted octanol–water partition coefficient (Wildman–Crippen LogP) is 5.70. The van der Waals surface area contributed by atoms with E-state index in [1.165, 1.54) is 0 Å². The Labute approximate surface area is 187 Å². The molecule has 2 amide bonds. The van der Waals surface area contributed by atoms with Crippen molar-refractivity contribution in [3.05, 3.63) is 132 Å². The third-order valence-electron chi connectivity index (χ3n) is 5.76. The molecule has 5 rings (SSSR count). The highest BCUT2D eigenvalue weighted by Crippen LogP contribution is 2.45. The summed E-state index contributed by atoms with van der Waals surface area (Å²) in [5, 5.41) is 6.77. The van der Waals surface area contributed by atoms with Crippen molar-refractivity contribution in [1.82, 2.24) is 15.2 Å². The van der Waals surface area contributed by atoms with Crippen LogP contribution in [-0.4, -0.2) is 15.9 Å². The Morgan fingerprint density at radius 1 is 0.750 bits per heavy atom. The lowest BCUT2D eigenvalue weighted by atomic mass is 9.94. The van der Waals surface area contributed by atoms with Crippen molar-refractivity contribution >= 4 is 11.7 Å². The zero-order valence-electron chi connectivity index (χ0n) is 17.5. The minimum absolute atomic E-state index is 0.0906. The normalized spacial score (nSPS) is 20.1. The van der Waals surface area contributed by atoms with Crippen molar-refractivity contribution in [2.45, 2.75) is 18.2 Å². The first kappa shape index (κ1) is 20.0. The quantitative estimate of drug-likeness (QED) is 0.445. The molecule has 0 radical (unpaired) electrons. The molecule has 4 aromatic rings. The summed E-state index contributed by atoms with van der Waals surface area (Å²) in [5.74, 6) is 0. The van der Waals surface area contributed by atoms with E-state index >= 15 is 0 Å². The lowest BCUT2D eigenvalue weighted by molar-refractivity contribution is 0.181. The molecule has 0 bridgehead atoms. The number of carbonyl (C=O) groups is 1. The molecule has 32 heavy (non-hydrogen) atoms. The first-order chi connectivity index (χ1) is 15.8. The summed E-state index contributed by atoms with van der Waals surface area (Å²) in [6, 6.07) is 35.3. The van der Waals surface area contributed by atoms with Gasteiger partial charge in [-0.3, -0.25) is 15.2 Å². The van der Waals surface area contributed by atoms with Crippen LogP contribution >= 0.6 is 0 Å². The number of para-hydroxylation sites is 1. The van der Waals surface area contributed by atoms with Gasteiger partial charge < -0.3 is 5.32 Å². The van der Waals surface area contributed by atoms with Gasteiger partial charge >= 0.3 is 6.03 Å². The van der Waals surface area contributed by atoms with Gasteiger partial charge in [-0.25, -0.2) is 4.79 Å². The van der Waals surface area contributed by atoms with E-state index in [2.05, 4.69) is 39.9 Å². The molecule has 0 aliphatic carbocycles. The maximum Gasteiger partial charge on any atom is 0.324 e. The molecule has 1 aromatic heterocycles. The van der Waals surface area contributed by atoms with E-state index in [4.69, 9.17) is 0 Å². The number of aromatic nitrogens is 1. The number of rotatable bonds is 4. The van der Waals surface area contributed by atoms with Crippen molar-refractivity contribution in [3.63, 3.8) is 0 Å². The molecule has 1 aliphatic heterocycles. The van der Waals surface area contributed by atoms with Crippen molar-refractivity contribution in [2.24, 2.45) is 0 Å². The summed E-state index contributed by atoms with van der Waals surface area (Å²) in [6.45, 7) is 0. The van der Waals surface area contributed by atoms with Crippen LogP contribution in [0.15, 0.2) is 115 Å². The summed E-state index contributed by atoms with van der Waals surface area (Å²) in [6.07, 6.45) is 1.38. The summed E-state index contributed by atoms with van der Waals surface area (Å²) >= 11 is 0. The van der Waals surface area contributed by atoms with Crippen molar-refractivity contribution < 1.29 is 4.79 Å². The minimum Gasteiger partial charge on any atom is -0.308 e. The Hall–Kier alpha value is -3.96. The molecule has 5 heteroatoms. The monoisotopic (exact) mass is 420 g/mol. The van der Waals surface area contributed by atoms with Gasteiger partial charge in [-0.05, 0) is 35.4 Å². The van der Waals surface area contributed by atoms with Crippen molar-refractivity contribution in [3.8, 4) is 0 Å². The molecule has 158 valence electrons. The summed E-state index contributed by atoms with van der Waals surface area (Å²) in [4.78, 5) is 20.2. The molecule has 3 atom stereocenters. The first-order valence-corrected chi connectivity index (χ1v) is 10.7. The molecule has 0 unspecified atom stereocenters. The largest absolute Gasteiger partial charge is 0.324 e. The van der Waals surface area contributed by atoms with Crippen LogP contribution in [0.2, 0.25) is 0 Å². The number of carbonyl (C=O) groups excluding carboxylic acids is 1. The topological polar surface area (TPSA) is 57.3 Å². The van der Waals surface area contributed by atoms with E-state index in [0.29, 0.717) is 0 Å². The Kier molecular flexibility index (Phi) is 5.64. The molecule has 0 spiro atoms. The van der Waals surface area contributed by atoms with E-state index in [0.717, 1.165) is 22.5 Å². The van der Waals surface area contributed by atoms with E-state index < -0.39 is 0 Å². The smallest absolute Gasteiger partial charge is 0.308 e. The van der Waals surface area contributed by atoms with Crippen LogP contribution < -0.4 is 10.6 Å². The number of urea groups is 1. The van der Waals surface area contributed by atoms with Crippen molar-refractivity contribution in [2.75, 3.05) is 5.32 Å². The van der Waals surface area contributed by atoms with Crippen LogP contribution in [-0.2, 0) is 0 Å². The lowest BCUT2D eigenvalue weighted by Gasteiger charge is -2.31. The molecule has 5 nitrogen and oxygen atoms in total. The van der Waals surface area contributed by atoms with E-state index in [9.17, 15) is 4.79 Å². The van der Waals surface area contributed by atoms with Gasteiger partial charge in [-0.15, -0.1) is 0 Å². The average Bonchev–Trinajstić information content (AvgIpc) is 3.27. The van der Waals surface area contributed by atoms with E-state index in [-0.39, 0.29) is 24.3 Å². The second kappa shape index (κ2) is 9.04. The van der Waals surface area contributed by atoms with Crippen LogP contribution in [0.4, 0.5) is 10.5 Å². The van der Waals surface area contributed by atoms with Crippen LogP contribution in [0, 0.1) is 0 Å². The first-order valence-electron chi connectivity index (χ1n) is 10.7. The summed E-state index contributed by atoms with van der Waals surface area (Å²) < 4.78 is 0. The van der Waals surface area contributed by atoms with Gasteiger partial charge in [0.25, 0.3) is 0 Å². The number of pyridine rings is 1. The molecule has 1 fully saturated rings. The Bertz CT molecular complexity index is 1150. The number of benzene rings is 3. The third kappa shape index (κ3) is 3.98. The number of hydrogen-bond acceptors (Lipinski definition) is 3. The molecule has 2 N–H and O–H groups in total. The van der Waals surface area contributed by atoms with Crippen LogP contribution in [0.25, 0.3) is 0 Å². The number of nitrogens with zero attached hydrogens (tertiary/aromatic N) is 2. The predicted molar refractivity (Wildman–Crippen MR) is 126 cm³/mol. The van der Waals surface area contributed by atoms with Gasteiger partial charge in [0.2, 0.25) is 0 Å². The number of nitrogens with one attached hydrogen (secondary N) is 2. The molecule has 0 saturated carbocycles. The Balaban J connectivity index is 1.61. The molecule has 3 aromatic carbocycles. The number of anilines is 1. The number of amides is 2. The molecule has 1 saturated heterocycles. The van der Waals surface area contributed by atoms with Crippen LogP contribution in [0.1, 0.15) is 35.1 Å². The van der Waals surface area contributed by atoms with Crippen molar-refractivity contribution in [1.29, 1.82) is 0 Å². The number of hydrogen-bond donors (Lipinski definition) is 2. The fraction of sp³-hybridized carbons (Fsp3) is 0.111. The second-order valence-corrected chi connectivity index (χ2v) is 7.77. The Morgan fingerprint density at radius 2 is 1.34 bits per heavy atom. The third-order valence-corrected chi connectivity index (χ3v) is 5.76. The lowest BCUT2D eigenvalue weighted by Crippen LogP contribution is -2.38. The van der Waals surface area contributed by atoms with Gasteiger partial charge in [0.1, 0.15) is 6.17 Å². The summed E-state index contributed by atoms with van der Waals surface area (Å²) in [5.41, 5.74) is 3.75. The highest BCUT2D eigenvalue weighted by molar-refractivity contribution is 5.90. The fourth-order valence-corrected chi connectivity index (χ4v) is 4.32. The highest BCUT2D eigenvalue weighted by Gasteiger charge is 2.46. The molecule has 1 aliphatic rings. The van der Waals surface area contributed by atoms with Gasteiger partial charge in [-0.2, -0.15) is 0 Å². The highest BCUT2D eigenvalue weighted by atomic mass is 16.2. The average molecular weight is 421 g/mol. The zero-order chi connectivity index (χ0) is 21.8. The SMILES string of the molecule is O=C(Nc1ccccc1)N1[C@H](c2ccccn2)N[C@@H](c2ccccc2)[C@@H]1c1ccccc1.